The molecule has 4 nitrogen and oxygen atoms in total. The number of fused-ring (bicyclic) bond motifs is 1. The van der Waals surface area contributed by atoms with Gasteiger partial charge in [-0.3, -0.25) is 9.69 Å². The summed E-state index contributed by atoms with van der Waals surface area (Å²) in [6.07, 6.45) is 1.63. The summed E-state index contributed by atoms with van der Waals surface area (Å²) in [5.74, 6) is 0.755. The highest BCUT2D eigenvalue weighted by Crippen LogP contribution is 2.29. The van der Waals surface area contributed by atoms with Crippen LogP contribution in [0.2, 0.25) is 0 Å². The third-order valence-corrected chi connectivity index (χ3v) is 4.28. The van der Waals surface area contributed by atoms with Crippen molar-refractivity contribution in [3.05, 3.63) is 42.0 Å². The lowest BCUT2D eigenvalue weighted by Gasteiger charge is -2.16. The highest BCUT2D eigenvalue weighted by Gasteiger charge is 2.33. The van der Waals surface area contributed by atoms with Crippen molar-refractivity contribution < 1.29 is 14.3 Å². The number of methoxy groups -OCH3 is 2. The maximum absolute atomic E-state index is 11.9. The second-order valence-corrected chi connectivity index (χ2v) is 5.59. The number of rotatable bonds is 6. The average molecular weight is 299 g/mol. The van der Waals surface area contributed by atoms with Crippen molar-refractivity contribution in [2.75, 3.05) is 27.3 Å². The molecule has 0 radical (unpaired) electrons. The molecule has 22 heavy (non-hydrogen) atoms. The molecule has 1 fully saturated rings. The van der Waals surface area contributed by atoms with Crippen molar-refractivity contribution in [2.24, 2.45) is 0 Å². The van der Waals surface area contributed by atoms with Crippen LogP contribution in [0.4, 0.5) is 0 Å². The molecule has 1 aliphatic heterocycles. The van der Waals surface area contributed by atoms with Gasteiger partial charge in [0, 0.05) is 18.5 Å². The summed E-state index contributed by atoms with van der Waals surface area (Å²) in [5.41, 5.74) is 1.24. The third-order valence-electron chi connectivity index (χ3n) is 4.28. The van der Waals surface area contributed by atoms with Crippen molar-refractivity contribution in [1.82, 2.24) is 4.90 Å². The predicted molar refractivity (Wildman–Crippen MR) is 86.2 cm³/mol. The number of carbonyl (C=O) groups excluding carboxylic acids is 1. The highest BCUT2D eigenvalue weighted by molar-refractivity contribution is 5.91. The summed E-state index contributed by atoms with van der Waals surface area (Å²) in [4.78, 5) is 14.0. The summed E-state index contributed by atoms with van der Waals surface area (Å²) < 4.78 is 10.4. The van der Waals surface area contributed by atoms with Gasteiger partial charge in [-0.15, -0.1) is 0 Å². The topological polar surface area (TPSA) is 38.5 Å². The summed E-state index contributed by atoms with van der Waals surface area (Å²) in [6, 6.07) is 12.2. The molecular weight excluding hydrogens is 278 g/mol. The van der Waals surface area contributed by atoms with Gasteiger partial charge in [-0.25, -0.2) is 0 Å². The second kappa shape index (κ2) is 6.36. The number of hydrogen-bond acceptors (Lipinski definition) is 4. The Balaban J connectivity index is 1.83. The summed E-state index contributed by atoms with van der Waals surface area (Å²) in [5, 5.41) is 2.31. The monoisotopic (exact) mass is 299 g/mol. The van der Waals surface area contributed by atoms with Crippen LogP contribution < -0.4 is 4.74 Å². The first-order chi connectivity index (χ1) is 10.7. The molecule has 2 aromatic rings. The van der Waals surface area contributed by atoms with Gasteiger partial charge in [-0.05, 0) is 29.9 Å². The number of nitrogens with zero attached hydrogens (tertiary/aromatic N) is 1. The number of benzene rings is 2. The van der Waals surface area contributed by atoms with Gasteiger partial charge in [-0.2, -0.15) is 0 Å². The molecule has 0 spiro atoms. The van der Waals surface area contributed by atoms with Crippen molar-refractivity contribution >= 4 is 16.7 Å². The zero-order chi connectivity index (χ0) is 15.5. The first-order valence-corrected chi connectivity index (χ1v) is 7.61. The quantitative estimate of drug-likeness (QED) is 0.607. The molecule has 0 aromatic heterocycles. The van der Waals surface area contributed by atoms with E-state index in [-0.39, 0.29) is 12.0 Å². The molecule has 1 saturated heterocycles. The number of hydrogen-bond donors (Lipinski definition) is 0. The lowest BCUT2D eigenvalue weighted by molar-refractivity contribution is -0.145. The zero-order valence-electron chi connectivity index (χ0n) is 13.0. The minimum atomic E-state index is -0.129. The van der Waals surface area contributed by atoms with Crippen LogP contribution in [-0.2, 0) is 16.0 Å². The Bertz CT molecular complexity index is 679. The Morgan fingerprint density at radius 3 is 2.50 bits per heavy atom. The number of carbonyl (C=O) groups is 1. The van der Waals surface area contributed by atoms with Gasteiger partial charge >= 0.3 is 5.97 Å². The van der Waals surface area contributed by atoms with Crippen LogP contribution >= 0.6 is 0 Å². The predicted octanol–water partition coefficient (Wildman–Crippen LogP) is 2.64. The van der Waals surface area contributed by atoms with Crippen LogP contribution in [-0.4, -0.2) is 44.2 Å². The molecule has 1 atom stereocenters. The SMILES string of the molecule is COC(=O)[C@H](CCc1ccc(OC)c2ccccc12)N1CC1. The Morgan fingerprint density at radius 2 is 1.86 bits per heavy atom. The fourth-order valence-electron chi connectivity index (χ4n) is 2.98. The molecule has 1 aliphatic rings. The van der Waals surface area contributed by atoms with Gasteiger partial charge < -0.3 is 9.47 Å². The molecule has 116 valence electrons. The lowest BCUT2D eigenvalue weighted by atomic mass is 9.98. The van der Waals surface area contributed by atoms with E-state index in [0.717, 1.165) is 37.1 Å². The van der Waals surface area contributed by atoms with Crippen LogP contribution in [0.3, 0.4) is 0 Å². The smallest absolute Gasteiger partial charge is 0.323 e. The van der Waals surface area contributed by atoms with Crippen molar-refractivity contribution in [2.45, 2.75) is 18.9 Å². The molecule has 0 amide bonds. The van der Waals surface area contributed by atoms with Crippen LogP contribution in [0.15, 0.2) is 36.4 Å². The van der Waals surface area contributed by atoms with Gasteiger partial charge in [-0.1, -0.05) is 30.3 Å². The van der Waals surface area contributed by atoms with Gasteiger partial charge in [0.1, 0.15) is 11.8 Å². The molecule has 0 N–H and O–H groups in total. The fourth-order valence-corrected chi connectivity index (χ4v) is 2.98. The Labute approximate surface area is 130 Å². The van der Waals surface area contributed by atoms with E-state index in [0.29, 0.717) is 0 Å². The maximum Gasteiger partial charge on any atom is 0.323 e. The Kier molecular flexibility index (Phi) is 4.29. The van der Waals surface area contributed by atoms with E-state index in [1.54, 1.807) is 7.11 Å². The van der Waals surface area contributed by atoms with E-state index in [4.69, 9.17) is 9.47 Å². The van der Waals surface area contributed by atoms with Gasteiger partial charge in [0.05, 0.1) is 14.2 Å². The zero-order valence-corrected chi connectivity index (χ0v) is 13.0. The van der Waals surface area contributed by atoms with E-state index in [1.165, 1.54) is 18.1 Å². The molecule has 4 heteroatoms. The average Bonchev–Trinajstić information content (AvgIpc) is 3.39. The minimum absolute atomic E-state index is 0.120. The van der Waals surface area contributed by atoms with Gasteiger partial charge in [0.25, 0.3) is 0 Å². The van der Waals surface area contributed by atoms with Crippen LogP contribution in [0, 0.1) is 0 Å². The Morgan fingerprint density at radius 1 is 1.14 bits per heavy atom. The van der Waals surface area contributed by atoms with Gasteiger partial charge in [0.15, 0.2) is 0 Å². The van der Waals surface area contributed by atoms with E-state index >= 15 is 0 Å². The molecule has 0 unspecified atom stereocenters. The lowest BCUT2D eigenvalue weighted by Crippen LogP contribution is -2.30. The van der Waals surface area contributed by atoms with Crippen LogP contribution in [0.25, 0.3) is 10.8 Å². The number of ether oxygens (including phenoxy) is 2. The molecular formula is C18H21NO3. The first kappa shape index (κ1) is 14.9. The molecule has 2 aromatic carbocycles. The summed E-state index contributed by atoms with van der Waals surface area (Å²) >= 11 is 0. The van der Waals surface area contributed by atoms with E-state index in [1.807, 2.05) is 18.2 Å². The first-order valence-electron chi connectivity index (χ1n) is 7.61. The standard InChI is InChI=1S/C18H21NO3/c1-21-17-10-8-13(14-5-3-4-6-15(14)17)7-9-16(18(20)22-2)19-11-12-19/h3-6,8,10,16H,7,9,11-12H2,1-2H3/t16-/m0/s1. The van der Waals surface area contributed by atoms with E-state index < -0.39 is 0 Å². The van der Waals surface area contributed by atoms with Crippen LogP contribution in [0.5, 0.6) is 5.75 Å². The van der Waals surface area contributed by atoms with Crippen molar-refractivity contribution in [3.63, 3.8) is 0 Å². The normalized spacial score (nSPS) is 15.5. The number of aryl methyl sites for hydroxylation is 1. The van der Waals surface area contributed by atoms with Crippen molar-refractivity contribution in [3.8, 4) is 5.75 Å². The maximum atomic E-state index is 11.9. The number of esters is 1. The Hall–Kier alpha value is -2.07. The largest absolute Gasteiger partial charge is 0.496 e. The molecule has 1 heterocycles. The molecule has 3 rings (SSSR count). The summed E-state index contributed by atoms with van der Waals surface area (Å²) in [6.45, 7) is 1.98. The van der Waals surface area contributed by atoms with E-state index in [9.17, 15) is 4.79 Å². The van der Waals surface area contributed by atoms with Crippen molar-refractivity contribution in [1.29, 1.82) is 0 Å². The highest BCUT2D eigenvalue weighted by atomic mass is 16.5. The third kappa shape index (κ3) is 2.92. The van der Waals surface area contributed by atoms with Gasteiger partial charge in [0.2, 0.25) is 0 Å². The van der Waals surface area contributed by atoms with Crippen LogP contribution in [0.1, 0.15) is 12.0 Å². The van der Waals surface area contributed by atoms with E-state index in [2.05, 4.69) is 23.1 Å². The molecule has 0 saturated carbocycles. The summed E-state index contributed by atoms with van der Waals surface area (Å²) in [7, 11) is 3.15. The molecule has 0 bridgehead atoms. The molecule has 0 aliphatic carbocycles. The fraction of sp³-hybridized carbons (Fsp3) is 0.389. The minimum Gasteiger partial charge on any atom is -0.496 e. The second-order valence-electron chi connectivity index (χ2n) is 5.59.